The van der Waals surface area contributed by atoms with E-state index in [0.717, 1.165) is 22.3 Å². The van der Waals surface area contributed by atoms with Crippen LogP contribution < -0.4 is 25.4 Å². The Morgan fingerprint density at radius 3 is 2.32 bits per heavy atom. The number of likely N-dealkylation sites (N-methyl/N-ethyl adjacent to an activating group) is 1. The third-order valence-electron chi connectivity index (χ3n) is 12.3. The lowest BCUT2D eigenvalue weighted by Crippen LogP contribution is -2.60. The summed E-state index contributed by atoms with van der Waals surface area (Å²) in [4.78, 5) is 68.3. The standard InChI is InChI=1S/C45H61N7O9S2/c1-12-26-22-45(26,39(55)51(10)63(57,58)44(17-18-44)27-13-14-27)50-37(53)34-20-29(23-52(34)38(54)36(42(4,5)6)49-41(56)61-43(7,8)9)60-35-21-32(33-24-62-40(48-33)46-25(2)3)47-31-19-28(59-11)15-16-30(31)35/h12,15-16,19,21,24-27,29,34,36H,1,13-14,17-18,20,22-23H2,2-11H3,(H,46,48)(H,49,56)(H,50,53). The number of thiazole rings is 1. The predicted octanol–water partition coefficient (Wildman–Crippen LogP) is 6.27. The van der Waals surface area contributed by atoms with Gasteiger partial charge in [0, 0.05) is 48.3 Å². The minimum Gasteiger partial charge on any atom is -0.497 e. The highest BCUT2D eigenvalue weighted by atomic mass is 32.2. The van der Waals surface area contributed by atoms with Crippen LogP contribution in [0.4, 0.5) is 9.93 Å². The number of pyridine rings is 1. The van der Waals surface area contributed by atoms with Crippen LogP contribution in [0, 0.1) is 17.3 Å². The molecule has 63 heavy (non-hydrogen) atoms. The second-order valence-electron chi connectivity index (χ2n) is 19.8. The SMILES string of the molecule is C=CC1CC1(NC(=O)C1CC(Oc2cc(-c3csc(NC(C)C)n3)nc3cc(OC)ccc23)CN1C(=O)C(NC(=O)OC(C)(C)C)C(C)(C)C)C(=O)N(C)S(=O)(=O)C1(C2CC2)CC1. The van der Waals surface area contributed by atoms with Crippen molar-refractivity contribution in [2.24, 2.45) is 17.3 Å². The number of carbonyl (C=O) groups excluding carboxylic acids is 4. The molecule has 1 aromatic carbocycles. The number of ether oxygens (including phenoxy) is 3. The van der Waals surface area contributed by atoms with E-state index in [1.165, 1.54) is 23.3 Å². The highest BCUT2D eigenvalue weighted by Crippen LogP contribution is 2.60. The van der Waals surface area contributed by atoms with Crippen LogP contribution in [0.25, 0.3) is 22.3 Å². The Kier molecular flexibility index (Phi) is 12.1. The minimum atomic E-state index is -4.02. The van der Waals surface area contributed by atoms with E-state index in [0.29, 0.717) is 46.6 Å². The molecule has 1 saturated heterocycles. The van der Waals surface area contributed by atoms with Gasteiger partial charge in [0.25, 0.3) is 5.91 Å². The molecule has 3 N–H and O–H groups in total. The fraction of sp³-hybridized carbons (Fsp3) is 0.600. The Hall–Kier alpha value is -4.97. The monoisotopic (exact) mass is 907 g/mol. The summed E-state index contributed by atoms with van der Waals surface area (Å²) < 4.78 is 45.7. The number of carbonyl (C=O) groups is 4. The summed E-state index contributed by atoms with van der Waals surface area (Å²) in [6.07, 6.45) is 2.72. The number of amides is 4. The number of aromatic nitrogens is 2. The van der Waals surface area contributed by atoms with Crippen LogP contribution in [-0.4, -0.2) is 112 Å². The topological polar surface area (TPSA) is 198 Å². The second kappa shape index (κ2) is 16.5. The normalized spacial score (nSPS) is 23.4. The average Bonchev–Trinajstić information content (AvgIpc) is 4.15. The van der Waals surface area contributed by atoms with E-state index in [2.05, 4.69) is 22.5 Å². The summed E-state index contributed by atoms with van der Waals surface area (Å²) in [5.41, 5.74) is -1.56. The summed E-state index contributed by atoms with van der Waals surface area (Å²) in [5.74, 6) is -1.48. The zero-order valence-corrected chi connectivity index (χ0v) is 39.5. The molecule has 3 heterocycles. The van der Waals surface area contributed by atoms with Crippen molar-refractivity contribution in [3.8, 4) is 22.9 Å². The van der Waals surface area contributed by atoms with Gasteiger partial charge in [-0.3, -0.25) is 14.4 Å². The highest BCUT2D eigenvalue weighted by molar-refractivity contribution is 7.91. The van der Waals surface area contributed by atoms with Crippen LogP contribution in [0.15, 0.2) is 42.3 Å². The van der Waals surface area contributed by atoms with Crippen LogP contribution in [0.1, 0.15) is 93.9 Å². The van der Waals surface area contributed by atoms with Gasteiger partial charge >= 0.3 is 6.09 Å². The lowest BCUT2D eigenvalue weighted by Gasteiger charge is -2.36. The van der Waals surface area contributed by atoms with Gasteiger partial charge in [-0.2, -0.15) is 0 Å². The van der Waals surface area contributed by atoms with E-state index in [1.54, 1.807) is 72.9 Å². The number of rotatable bonds is 15. The Labute approximate surface area is 373 Å². The van der Waals surface area contributed by atoms with Gasteiger partial charge in [0.2, 0.25) is 21.8 Å². The molecule has 5 atom stereocenters. The molecular weight excluding hydrogens is 847 g/mol. The van der Waals surface area contributed by atoms with Crippen molar-refractivity contribution in [2.75, 3.05) is 26.0 Å². The van der Waals surface area contributed by atoms with Crippen molar-refractivity contribution >= 4 is 61.2 Å². The smallest absolute Gasteiger partial charge is 0.408 e. The van der Waals surface area contributed by atoms with Gasteiger partial charge in [0.05, 0.1) is 29.6 Å². The van der Waals surface area contributed by atoms with Crippen molar-refractivity contribution < 1.29 is 41.8 Å². The predicted molar refractivity (Wildman–Crippen MR) is 241 cm³/mol. The number of fused-ring (bicyclic) bond motifs is 1. The molecule has 16 nitrogen and oxygen atoms in total. The number of nitrogens with one attached hydrogen (secondary N) is 3. The number of anilines is 1. The molecule has 7 rings (SSSR count). The molecule has 3 saturated carbocycles. The zero-order chi connectivity index (χ0) is 46.0. The number of alkyl carbamates (subject to hydrolysis) is 1. The van der Waals surface area contributed by atoms with E-state index >= 15 is 0 Å². The summed E-state index contributed by atoms with van der Waals surface area (Å²) in [6.45, 7) is 18.4. The third-order valence-corrected chi connectivity index (χ3v) is 15.8. The lowest BCUT2D eigenvalue weighted by molar-refractivity contribution is -0.143. The zero-order valence-electron chi connectivity index (χ0n) is 37.9. The van der Waals surface area contributed by atoms with Gasteiger partial charge in [-0.25, -0.2) is 27.5 Å². The molecule has 4 aliphatic rings. The van der Waals surface area contributed by atoms with Crippen molar-refractivity contribution in [1.82, 2.24) is 29.8 Å². The van der Waals surface area contributed by atoms with Gasteiger partial charge in [0.15, 0.2) is 5.13 Å². The molecule has 342 valence electrons. The quantitative estimate of drug-likeness (QED) is 0.145. The number of hydrogen-bond donors (Lipinski definition) is 3. The first-order valence-corrected chi connectivity index (χ1v) is 23.9. The maximum Gasteiger partial charge on any atom is 0.408 e. The van der Waals surface area contributed by atoms with Gasteiger partial charge < -0.3 is 35.1 Å². The van der Waals surface area contributed by atoms with Crippen molar-refractivity contribution in [1.29, 1.82) is 0 Å². The number of hydrogen-bond acceptors (Lipinski definition) is 13. The van der Waals surface area contributed by atoms with Crippen molar-refractivity contribution in [2.45, 2.75) is 134 Å². The van der Waals surface area contributed by atoms with E-state index in [9.17, 15) is 27.6 Å². The fourth-order valence-electron chi connectivity index (χ4n) is 8.62. The first-order valence-electron chi connectivity index (χ1n) is 21.6. The number of methoxy groups -OCH3 is 1. The van der Waals surface area contributed by atoms with E-state index < -0.39 is 79.2 Å². The second-order valence-corrected chi connectivity index (χ2v) is 22.9. The molecule has 1 aliphatic heterocycles. The van der Waals surface area contributed by atoms with Gasteiger partial charge in [-0.15, -0.1) is 17.9 Å². The summed E-state index contributed by atoms with van der Waals surface area (Å²) >= 11 is 1.45. The Morgan fingerprint density at radius 2 is 1.75 bits per heavy atom. The number of nitrogens with zero attached hydrogens (tertiary/aromatic N) is 4. The van der Waals surface area contributed by atoms with Crippen molar-refractivity contribution in [3.63, 3.8) is 0 Å². The molecule has 0 radical (unpaired) electrons. The van der Waals surface area contributed by atoms with E-state index in [1.807, 2.05) is 25.3 Å². The first-order chi connectivity index (χ1) is 29.4. The van der Waals surface area contributed by atoms with Crippen molar-refractivity contribution in [3.05, 3.63) is 42.3 Å². The molecule has 0 spiro atoms. The largest absolute Gasteiger partial charge is 0.497 e. The van der Waals surface area contributed by atoms with Crippen LogP contribution >= 0.6 is 11.3 Å². The first kappa shape index (κ1) is 46.0. The summed E-state index contributed by atoms with van der Waals surface area (Å²) in [6, 6.07) is 5.01. The van der Waals surface area contributed by atoms with Gasteiger partial charge in [0.1, 0.15) is 46.5 Å². The molecule has 2 aromatic heterocycles. The Bertz CT molecular complexity index is 2420. The number of likely N-dealkylation sites (tertiary alicyclic amines) is 1. The Morgan fingerprint density at radius 1 is 1.05 bits per heavy atom. The molecule has 5 unspecified atom stereocenters. The maximum atomic E-state index is 14.9. The molecule has 18 heteroatoms. The van der Waals surface area contributed by atoms with E-state index in [-0.39, 0.29) is 31.3 Å². The van der Waals surface area contributed by atoms with Crippen LogP contribution in [-0.2, 0) is 29.1 Å². The number of benzene rings is 1. The molecule has 3 aliphatic carbocycles. The van der Waals surface area contributed by atoms with Gasteiger partial charge in [-0.05, 0) is 90.2 Å². The molecule has 3 aromatic rings. The fourth-order valence-corrected chi connectivity index (χ4v) is 11.7. The average molecular weight is 908 g/mol. The van der Waals surface area contributed by atoms with E-state index in [4.69, 9.17) is 24.2 Å². The van der Waals surface area contributed by atoms with Gasteiger partial charge in [-0.1, -0.05) is 26.8 Å². The highest BCUT2D eigenvalue weighted by Gasteiger charge is 2.68. The summed E-state index contributed by atoms with van der Waals surface area (Å²) in [7, 11) is -1.18. The maximum absolute atomic E-state index is 14.9. The summed E-state index contributed by atoms with van der Waals surface area (Å²) in [5, 5.41) is 12.3. The molecule has 0 bridgehead atoms. The molecule has 4 amide bonds. The third kappa shape index (κ3) is 9.20. The number of sulfonamides is 1. The molecular formula is C45H61N7O9S2. The lowest BCUT2D eigenvalue weighted by atomic mass is 9.85. The van der Waals surface area contributed by atoms with Crippen LogP contribution in [0.2, 0.25) is 0 Å². The van der Waals surface area contributed by atoms with Crippen LogP contribution in [0.5, 0.6) is 11.5 Å². The molecule has 4 fully saturated rings. The minimum absolute atomic E-state index is 0.00269. The van der Waals surface area contributed by atoms with Crippen LogP contribution in [0.3, 0.4) is 0 Å². The Balaban J connectivity index is 1.22.